The number of rotatable bonds is 9. The molecule has 1 saturated heterocycles. The number of carbonyl (C=O) groups is 2. The Morgan fingerprint density at radius 2 is 1.90 bits per heavy atom. The molecule has 5 rings (SSSR count). The highest BCUT2D eigenvalue weighted by molar-refractivity contribution is 5.95. The topological polar surface area (TPSA) is 187 Å². The van der Waals surface area contributed by atoms with Crippen LogP contribution in [0.5, 0.6) is 0 Å². The number of aliphatic hydroxyl groups excluding tert-OH is 1. The molecule has 0 aliphatic carbocycles. The molecule has 4 N–H and O–H groups in total. The van der Waals surface area contributed by atoms with Crippen molar-refractivity contribution in [3.05, 3.63) is 53.6 Å². The Morgan fingerprint density at radius 1 is 1.15 bits per heavy atom. The molecule has 15 nitrogen and oxygen atoms in total. The number of morpholine rings is 1. The minimum Gasteiger partial charge on any atom is -0.395 e. The summed E-state index contributed by atoms with van der Waals surface area (Å²) in [5.74, 6) is 6.10. The van der Waals surface area contributed by atoms with Crippen molar-refractivity contribution < 1.29 is 24.3 Å². The van der Waals surface area contributed by atoms with Crippen LogP contribution in [-0.2, 0) is 23.2 Å². The van der Waals surface area contributed by atoms with E-state index >= 15 is 0 Å². The number of aryl methyl sites for hydroxylation is 1. The van der Waals surface area contributed by atoms with Gasteiger partial charge in [0, 0.05) is 57.3 Å². The van der Waals surface area contributed by atoms with Gasteiger partial charge < -0.3 is 34.4 Å². The van der Waals surface area contributed by atoms with Crippen molar-refractivity contribution in [1.82, 2.24) is 34.8 Å². The maximum Gasteiger partial charge on any atom is 0.359 e. The molecule has 15 heteroatoms. The van der Waals surface area contributed by atoms with Crippen LogP contribution in [0.2, 0.25) is 0 Å². The fourth-order valence-corrected chi connectivity index (χ4v) is 4.40. The number of nitrogens with one attached hydrogen (secondary N) is 1. The average molecular weight is 563 g/mol. The SMILES string of the molecule is CN(Cc1nc2c(N3CCOCC3)nc(-c3cccc(C(=O)NCCO)c3)nc2n1C)c1ncc(C(=O)ON)cn1. The van der Waals surface area contributed by atoms with Gasteiger partial charge in [-0.05, 0) is 12.1 Å². The molecule has 0 unspecified atom stereocenters. The molecular weight excluding hydrogens is 532 g/mol. The number of amides is 1. The van der Waals surface area contributed by atoms with E-state index in [0.717, 1.165) is 0 Å². The van der Waals surface area contributed by atoms with Gasteiger partial charge in [0.1, 0.15) is 5.82 Å². The Morgan fingerprint density at radius 3 is 2.61 bits per heavy atom. The van der Waals surface area contributed by atoms with Crippen LogP contribution in [0.1, 0.15) is 26.5 Å². The molecule has 0 bridgehead atoms. The summed E-state index contributed by atoms with van der Waals surface area (Å²) in [6, 6.07) is 7.04. The molecule has 0 radical (unpaired) electrons. The Hall–Kier alpha value is -4.73. The van der Waals surface area contributed by atoms with Gasteiger partial charge in [-0.3, -0.25) is 4.79 Å². The van der Waals surface area contributed by atoms with E-state index in [1.165, 1.54) is 12.4 Å². The summed E-state index contributed by atoms with van der Waals surface area (Å²) < 4.78 is 7.44. The first-order chi connectivity index (χ1) is 19.9. The van der Waals surface area contributed by atoms with Crippen LogP contribution < -0.4 is 21.0 Å². The molecule has 4 heterocycles. The lowest BCUT2D eigenvalue weighted by atomic mass is 10.1. The van der Waals surface area contributed by atoms with Gasteiger partial charge >= 0.3 is 5.97 Å². The number of aromatic nitrogens is 6. The van der Waals surface area contributed by atoms with Gasteiger partial charge in [-0.2, -0.15) is 5.90 Å². The first-order valence-electron chi connectivity index (χ1n) is 12.9. The van der Waals surface area contributed by atoms with E-state index < -0.39 is 5.97 Å². The van der Waals surface area contributed by atoms with Crippen molar-refractivity contribution in [1.29, 1.82) is 0 Å². The summed E-state index contributed by atoms with van der Waals surface area (Å²) >= 11 is 0. The largest absolute Gasteiger partial charge is 0.395 e. The molecule has 1 aromatic carbocycles. The molecule has 0 saturated carbocycles. The lowest BCUT2D eigenvalue weighted by Gasteiger charge is -2.28. The number of carbonyl (C=O) groups excluding carboxylic acids is 2. The predicted octanol–water partition coefficient (Wildman–Crippen LogP) is 0.0459. The molecule has 4 aromatic rings. The van der Waals surface area contributed by atoms with Crippen molar-refractivity contribution in [2.24, 2.45) is 12.9 Å². The van der Waals surface area contributed by atoms with E-state index in [1.807, 2.05) is 24.7 Å². The van der Waals surface area contributed by atoms with Crippen LogP contribution in [0.15, 0.2) is 36.7 Å². The van der Waals surface area contributed by atoms with Crippen molar-refractivity contribution in [3.8, 4) is 11.4 Å². The van der Waals surface area contributed by atoms with Crippen LogP contribution in [0.4, 0.5) is 11.8 Å². The number of nitrogens with zero attached hydrogens (tertiary/aromatic N) is 8. The quantitative estimate of drug-likeness (QED) is 0.232. The second-order valence-electron chi connectivity index (χ2n) is 9.32. The van der Waals surface area contributed by atoms with Crippen LogP contribution in [-0.4, -0.2) is 93.0 Å². The standard InChI is InChI=1S/C26H30N10O5/c1-34(26-29-13-18(14-30-26)25(39)41-27)15-19-31-20-22(35(19)2)32-21(33-23(20)36-7-10-40-11-8-36)16-4-3-5-17(12-16)24(38)28-6-9-37/h3-5,12-14,37H,6-11,15,27H2,1-2H3,(H,28,38). The molecule has 214 valence electrons. The summed E-state index contributed by atoms with van der Waals surface area (Å²) in [6.07, 6.45) is 2.69. The number of fused-ring (bicyclic) bond motifs is 1. The molecule has 0 spiro atoms. The molecule has 41 heavy (non-hydrogen) atoms. The second-order valence-corrected chi connectivity index (χ2v) is 9.32. The van der Waals surface area contributed by atoms with Crippen molar-refractivity contribution >= 4 is 34.8 Å². The summed E-state index contributed by atoms with van der Waals surface area (Å²) in [5, 5.41) is 11.7. The van der Waals surface area contributed by atoms with Crippen molar-refractivity contribution in [3.63, 3.8) is 0 Å². The third-order valence-corrected chi connectivity index (χ3v) is 6.58. The fourth-order valence-electron chi connectivity index (χ4n) is 4.40. The fraction of sp³-hybridized carbons (Fsp3) is 0.346. The lowest BCUT2D eigenvalue weighted by molar-refractivity contribution is 0.0502. The number of benzene rings is 1. The number of ether oxygens (including phenoxy) is 1. The Kier molecular flexibility index (Phi) is 8.28. The Labute approximate surface area is 234 Å². The first kappa shape index (κ1) is 27.8. The maximum absolute atomic E-state index is 12.5. The molecule has 1 aliphatic rings. The van der Waals surface area contributed by atoms with Crippen LogP contribution in [0.3, 0.4) is 0 Å². The molecule has 3 aromatic heterocycles. The van der Waals surface area contributed by atoms with E-state index in [-0.39, 0.29) is 24.6 Å². The number of imidazole rings is 1. The summed E-state index contributed by atoms with van der Waals surface area (Å²) in [6.45, 7) is 2.77. The molecule has 1 aliphatic heterocycles. The number of hydrogen-bond acceptors (Lipinski definition) is 13. The van der Waals surface area contributed by atoms with Crippen molar-refractivity contribution in [2.75, 3.05) is 56.3 Å². The Bertz CT molecular complexity index is 1550. The van der Waals surface area contributed by atoms with E-state index in [9.17, 15) is 9.59 Å². The molecule has 0 atom stereocenters. The first-order valence-corrected chi connectivity index (χ1v) is 12.9. The monoisotopic (exact) mass is 562 g/mol. The van der Waals surface area contributed by atoms with Gasteiger partial charge in [0.2, 0.25) is 5.95 Å². The highest BCUT2D eigenvalue weighted by Gasteiger charge is 2.23. The summed E-state index contributed by atoms with van der Waals surface area (Å²) in [4.78, 5) is 55.4. The minimum absolute atomic E-state index is 0.139. The van der Waals surface area contributed by atoms with Crippen molar-refractivity contribution in [2.45, 2.75) is 6.54 Å². The lowest BCUT2D eigenvalue weighted by Crippen LogP contribution is -2.37. The third kappa shape index (κ3) is 5.91. The number of anilines is 2. The van der Waals surface area contributed by atoms with Gasteiger partial charge in [0.05, 0.1) is 31.9 Å². The number of nitrogens with two attached hydrogens (primary N) is 1. The average Bonchev–Trinajstić information content (AvgIpc) is 3.33. The van der Waals surface area contributed by atoms with Gasteiger partial charge in [-0.25, -0.2) is 29.7 Å². The number of aliphatic hydroxyl groups is 1. The summed E-state index contributed by atoms with van der Waals surface area (Å²) in [5.41, 5.74) is 2.51. The van der Waals surface area contributed by atoms with Gasteiger partial charge in [-0.15, -0.1) is 0 Å². The Balaban J connectivity index is 1.51. The van der Waals surface area contributed by atoms with E-state index in [1.54, 1.807) is 23.1 Å². The minimum atomic E-state index is -0.726. The van der Waals surface area contributed by atoms with Crippen LogP contribution in [0, 0.1) is 0 Å². The zero-order valence-electron chi connectivity index (χ0n) is 22.6. The maximum atomic E-state index is 12.5. The zero-order chi connectivity index (χ0) is 28.9. The van der Waals surface area contributed by atoms with Crippen LogP contribution >= 0.6 is 0 Å². The smallest absolute Gasteiger partial charge is 0.359 e. The van der Waals surface area contributed by atoms with Gasteiger partial charge in [0.15, 0.2) is 22.8 Å². The highest BCUT2D eigenvalue weighted by atomic mass is 16.7. The van der Waals surface area contributed by atoms with Gasteiger partial charge in [0.25, 0.3) is 5.91 Å². The number of hydrogen-bond donors (Lipinski definition) is 3. The molecule has 1 fully saturated rings. The van der Waals surface area contributed by atoms with Crippen LogP contribution in [0.25, 0.3) is 22.6 Å². The molecular formula is C26H30N10O5. The van der Waals surface area contributed by atoms with E-state index in [2.05, 4.69) is 25.0 Å². The van der Waals surface area contributed by atoms with E-state index in [4.69, 9.17) is 30.7 Å². The summed E-state index contributed by atoms with van der Waals surface area (Å²) in [7, 11) is 3.68. The van der Waals surface area contributed by atoms with E-state index in [0.29, 0.717) is 78.6 Å². The second kappa shape index (κ2) is 12.2. The predicted molar refractivity (Wildman–Crippen MR) is 148 cm³/mol. The normalized spacial score (nSPS) is 13.3. The zero-order valence-corrected chi connectivity index (χ0v) is 22.6. The molecule has 1 amide bonds. The third-order valence-electron chi connectivity index (χ3n) is 6.58. The van der Waals surface area contributed by atoms with Gasteiger partial charge in [-0.1, -0.05) is 12.1 Å². The highest BCUT2D eigenvalue weighted by Crippen LogP contribution is 2.29.